The van der Waals surface area contributed by atoms with Crippen LogP contribution in [0, 0.1) is 10.1 Å². The molecule has 0 aliphatic rings. The number of hydrogen-bond donors (Lipinski definition) is 0. The second-order valence-electron chi connectivity index (χ2n) is 9.45. The van der Waals surface area contributed by atoms with Crippen molar-refractivity contribution in [2.45, 2.75) is 46.1 Å². The molecule has 1 aromatic heterocycles. The molecule has 0 spiro atoms. The van der Waals surface area contributed by atoms with Crippen LogP contribution in [0.25, 0.3) is 10.9 Å². The van der Waals surface area contributed by atoms with Crippen molar-refractivity contribution in [3.63, 3.8) is 0 Å². The van der Waals surface area contributed by atoms with Gasteiger partial charge in [-0.1, -0.05) is 48.0 Å². The first-order chi connectivity index (χ1) is 19.7. The Morgan fingerprint density at radius 3 is 2.68 bits per heavy atom. The Kier molecular flexibility index (Phi) is 9.67. The summed E-state index contributed by atoms with van der Waals surface area (Å²) in [5.41, 5.74) is 2.52. The van der Waals surface area contributed by atoms with E-state index in [-0.39, 0.29) is 23.8 Å². The van der Waals surface area contributed by atoms with Crippen LogP contribution >= 0.6 is 15.9 Å². The van der Waals surface area contributed by atoms with Crippen molar-refractivity contribution in [1.82, 2.24) is 9.66 Å². The van der Waals surface area contributed by atoms with Crippen molar-refractivity contribution in [3.8, 4) is 11.5 Å². The molecule has 0 saturated heterocycles. The maximum absolute atomic E-state index is 13.5. The fourth-order valence-corrected chi connectivity index (χ4v) is 4.67. The van der Waals surface area contributed by atoms with E-state index in [1.165, 1.54) is 16.8 Å². The molecule has 0 saturated carbocycles. The van der Waals surface area contributed by atoms with Crippen LogP contribution in [0.4, 0.5) is 5.69 Å². The van der Waals surface area contributed by atoms with Gasteiger partial charge in [-0.15, -0.1) is 6.58 Å². The lowest BCUT2D eigenvalue weighted by Gasteiger charge is -2.17. The third-order valence-corrected chi connectivity index (χ3v) is 7.02. The number of aromatic nitrogens is 2. The molecule has 0 fully saturated rings. The zero-order valence-corrected chi connectivity index (χ0v) is 24.8. The van der Waals surface area contributed by atoms with Crippen LogP contribution in [0.15, 0.2) is 81.6 Å². The lowest BCUT2D eigenvalue weighted by atomic mass is 10.1. The van der Waals surface area contributed by atoms with E-state index in [0.29, 0.717) is 52.4 Å². The summed E-state index contributed by atoms with van der Waals surface area (Å²) < 4.78 is 14.2. The van der Waals surface area contributed by atoms with Gasteiger partial charge in [0.05, 0.1) is 28.6 Å². The molecule has 3 aromatic carbocycles. The fraction of sp³-hybridized carbons (Fsp3) is 0.258. The number of rotatable bonds is 12. The first-order valence-corrected chi connectivity index (χ1v) is 14.1. The summed E-state index contributed by atoms with van der Waals surface area (Å²) in [6.07, 6.45) is 4.63. The zero-order valence-electron chi connectivity index (χ0n) is 23.2. The number of ether oxygens (including phenoxy) is 2. The standard InChI is InChI=1S/C31H31BrN4O5/c1-5-9-23-14-22(16-28(40-7-3)29(23)41-19-21-10-8-11-25(15-21)36(38)39)18-33-35-30(20(4)6-2)34-27-13-12-24(32)17-26(27)31(35)37/h5,8,10-18,20H,1,6-7,9,19H2,2-4H3/t20-/m1/s1. The Hall–Kier alpha value is -4.31. The maximum atomic E-state index is 13.5. The van der Waals surface area contributed by atoms with Gasteiger partial charge in [0.2, 0.25) is 0 Å². The average molecular weight is 620 g/mol. The van der Waals surface area contributed by atoms with Gasteiger partial charge in [-0.05, 0) is 61.2 Å². The minimum absolute atomic E-state index is 0.00320. The zero-order chi connectivity index (χ0) is 29.5. The van der Waals surface area contributed by atoms with Gasteiger partial charge in [0, 0.05) is 28.1 Å². The summed E-state index contributed by atoms with van der Waals surface area (Å²) in [5.74, 6) is 1.60. The molecule has 4 rings (SSSR count). The first kappa shape index (κ1) is 29.7. The highest BCUT2D eigenvalue weighted by Crippen LogP contribution is 2.34. The number of non-ortho nitro benzene ring substituents is 1. The normalized spacial score (nSPS) is 12.0. The highest BCUT2D eigenvalue weighted by molar-refractivity contribution is 9.10. The number of nitrogens with zero attached hydrogens (tertiary/aromatic N) is 4. The Labute approximate surface area is 246 Å². The van der Waals surface area contributed by atoms with Gasteiger partial charge in [0.15, 0.2) is 11.5 Å². The SMILES string of the molecule is C=CCc1cc(C=Nn2c([C@H](C)CC)nc3ccc(Br)cc3c2=O)cc(OCC)c1OCc1cccc([N+](=O)[O-])c1. The molecule has 0 unspecified atom stereocenters. The molecule has 1 heterocycles. The van der Waals surface area contributed by atoms with Gasteiger partial charge in [-0.2, -0.15) is 9.78 Å². The van der Waals surface area contributed by atoms with Crippen LogP contribution in [-0.4, -0.2) is 27.4 Å². The Bertz CT molecular complexity index is 1680. The van der Waals surface area contributed by atoms with E-state index in [2.05, 4.69) is 27.6 Å². The maximum Gasteiger partial charge on any atom is 0.282 e. The summed E-state index contributed by atoms with van der Waals surface area (Å²) in [6, 6.07) is 15.4. The number of benzene rings is 3. The lowest BCUT2D eigenvalue weighted by molar-refractivity contribution is -0.384. The molecule has 1 atom stereocenters. The molecular weight excluding hydrogens is 588 g/mol. The van der Waals surface area contributed by atoms with Gasteiger partial charge in [0.25, 0.3) is 11.2 Å². The van der Waals surface area contributed by atoms with Crippen molar-refractivity contribution in [3.05, 3.63) is 115 Å². The van der Waals surface area contributed by atoms with E-state index in [4.69, 9.17) is 14.5 Å². The molecule has 0 amide bonds. The van der Waals surface area contributed by atoms with Crippen LogP contribution in [0.1, 0.15) is 55.6 Å². The van der Waals surface area contributed by atoms with E-state index in [9.17, 15) is 14.9 Å². The molecule has 41 heavy (non-hydrogen) atoms. The second-order valence-corrected chi connectivity index (χ2v) is 10.4. The minimum atomic E-state index is -0.436. The van der Waals surface area contributed by atoms with Crippen LogP contribution < -0.4 is 15.0 Å². The van der Waals surface area contributed by atoms with Gasteiger partial charge < -0.3 is 9.47 Å². The van der Waals surface area contributed by atoms with Crippen LogP contribution in [-0.2, 0) is 13.0 Å². The third-order valence-electron chi connectivity index (χ3n) is 6.53. The summed E-state index contributed by atoms with van der Waals surface area (Å²) in [7, 11) is 0. The Morgan fingerprint density at radius 1 is 1.17 bits per heavy atom. The van der Waals surface area contributed by atoms with E-state index < -0.39 is 4.92 Å². The van der Waals surface area contributed by atoms with Crippen LogP contribution in [0.3, 0.4) is 0 Å². The van der Waals surface area contributed by atoms with Crippen LogP contribution in [0.2, 0.25) is 0 Å². The first-order valence-electron chi connectivity index (χ1n) is 13.3. The summed E-state index contributed by atoms with van der Waals surface area (Å²) in [6.45, 7) is 10.3. The second kappa shape index (κ2) is 13.4. The number of halogens is 1. The van der Waals surface area contributed by atoms with Crippen molar-refractivity contribution in [2.75, 3.05) is 6.61 Å². The van der Waals surface area contributed by atoms with Gasteiger partial charge >= 0.3 is 0 Å². The fourth-order valence-electron chi connectivity index (χ4n) is 4.31. The van der Waals surface area contributed by atoms with Crippen molar-refractivity contribution in [2.24, 2.45) is 5.10 Å². The predicted molar refractivity (Wildman–Crippen MR) is 164 cm³/mol. The highest BCUT2D eigenvalue weighted by Gasteiger charge is 2.17. The molecule has 0 radical (unpaired) electrons. The quantitative estimate of drug-likeness (QED) is 0.0720. The van der Waals surface area contributed by atoms with E-state index >= 15 is 0 Å². The monoisotopic (exact) mass is 618 g/mol. The number of nitro benzene ring substituents is 1. The predicted octanol–water partition coefficient (Wildman–Crippen LogP) is 7.17. The van der Waals surface area contributed by atoms with Gasteiger partial charge in [-0.25, -0.2) is 4.98 Å². The van der Waals surface area contributed by atoms with E-state index in [0.717, 1.165) is 16.5 Å². The number of nitro groups is 1. The molecule has 212 valence electrons. The number of allylic oxidation sites excluding steroid dienone is 1. The van der Waals surface area contributed by atoms with Gasteiger partial charge in [-0.3, -0.25) is 14.9 Å². The summed E-state index contributed by atoms with van der Waals surface area (Å²) in [5, 5.41) is 16.2. The molecule has 9 nitrogen and oxygen atoms in total. The molecular formula is C31H31BrN4O5. The summed E-state index contributed by atoms with van der Waals surface area (Å²) >= 11 is 3.44. The third kappa shape index (κ3) is 6.89. The molecule has 0 N–H and O–H groups in total. The largest absolute Gasteiger partial charge is 0.490 e. The molecule has 4 aromatic rings. The Morgan fingerprint density at radius 2 is 1.98 bits per heavy atom. The van der Waals surface area contributed by atoms with E-state index in [1.54, 1.807) is 36.6 Å². The van der Waals surface area contributed by atoms with Gasteiger partial charge in [0.1, 0.15) is 12.4 Å². The van der Waals surface area contributed by atoms with E-state index in [1.807, 2.05) is 39.0 Å². The average Bonchev–Trinajstić information content (AvgIpc) is 2.96. The molecule has 0 aliphatic heterocycles. The topological polar surface area (TPSA) is 109 Å². The molecule has 0 aliphatic carbocycles. The van der Waals surface area contributed by atoms with Crippen molar-refractivity contribution in [1.29, 1.82) is 0 Å². The highest BCUT2D eigenvalue weighted by atomic mass is 79.9. The lowest BCUT2D eigenvalue weighted by Crippen LogP contribution is -2.23. The number of hydrogen-bond acceptors (Lipinski definition) is 7. The summed E-state index contributed by atoms with van der Waals surface area (Å²) in [4.78, 5) is 29.0. The molecule has 0 bridgehead atoms. The van der Waals surface area contributed by atoms with Crippen LogP contribution in [0.5, 0.6) is 11.5 Å². The Balaban J connectivity index is 1.75. The van der Waals surface area contributed by atoms with Crippen molar-refractivity contribution >= 4 is 38.7 Å². The minimum Gasteiger partial charge on any atom is -0.490 e. The number of fused-ring (bicyclic) bond motifs is 1. The van der Waals surface area contributed by atoms with Crippen molar-refractivity contribution < 1.29 is 14.4 Å². The smallest absolute Gasteiger partial charge is 0.282 e. The molecule has 10 heteroatoms.